The van der Waals surface area contributed by atoms with Gasteiger partial charge in [0.15, 0.2) is 0 Å². The van der Waals surface area contributed by atoms with Crippen molar-refractivity contribution in [3.05, 3.63) is 34.5 Å². The molecule has 2 heterocycles. The van der Waals surface area contributed by atoms with Gasteiger partial charge in [-0.25, -0.2) is 4.98 Å². The highest BCUT2D eigenvalue weighted by Gasteiger charge is 2.14. The molecule has 1 N–H and O–H groups in total. The molecule has 0 saturated carbocycles. The van der Waals surface area contributed by atoms with Gasteiger partial charge >= 0.3 is 0 Å². The molecule has 0 aliphatic carbocycles. The molecule has 0 aromatic carbocycles. The number of hydrogen-bond acceptors (Lipinski definition) is 3. The molecule has 0 saturated heterocycles. The van der Waals surface area contributed by atoms with Gasteiger partial charge in [-0.1, -0.05) is 37.1 Å². The maximum Gasteiger partial charge on any atom is 0.147 e. The summed E-state index contributed by atoms with van der Waals surface area (Å²) in [4.78, 5) is 6.79. The Balaban J connectivity index is 1.99. The van der Waals surface area contributed by atoms with Crippen LogP contribution in [0.1, 0.15) is 32.8 Å². The summed E-state index contributed by atoms with van der Waals surface area (Å²) in [6.45, 7) is 10.3. The summed E-state index contributed by atoms with van der Waals surface area (Å²) < 4.78 is 0. The SMILES string of the molecule is CC1=CCN(c2ncc(CNCC(C)C)cc2Cl)CC1. The smallest absolute Gasteiger partial charge is 0.147 e. The highest BCUT2D eigenvalue weighted by Crippen LogP contribution is 2.26. The van der Waals surface area contributed by atoms with Crippen molar-refractivity contribution in [1.82, 2.24) is 10.3 Å². The number of nitrogens with zero attached hydrogens (tertiary/aromatic N) is 2. The second-order valence-corrected chi connectivity index (χ2v) is 6.33. The van der Waals surface area contributed by atoms with Gasteiger partial charge in [-0.2, -0.15) is 0 Å². The van der Waals surface area contributed by atoms with E-state index in [0.29, 0.717) is 5.92 Å². The second-order valence-electron chi connectivity index (χ2n) is 5.92. The van der Waals surface area contributed by atoms with Gasteiger partial charge in [-0.05, 0) is 37.4 Å². The summed E-state index contributed by atoms with van der Waals surface area (Å²) in [6, 6.07) is 2.03. The van der Waals surface area contributed by atoms with Gasteiger partial charge in [-0.15, -0.1) is 0 Å². The zero-order valence-corrected chi connectivity index (χ0v) is 13.4. The Labute approximate surface area is 127 Å². The van der Waals surface area contributed by atoms with Gasteiger partial charge in [-0.3, -0.25) is 0 Å². The number of anilines is 1. The monoisotopic (exact) mass is 293 g/mol. The van der Waals surface area contributed by atoms with E-state index in [1.807, 2.05) is 12.3 Å². The largest absolute Gasteiger partial charge is 0.351 e. The van der Waals surface area contributed by atoms with E-state index in [2.05, 4.69) is 42.0 Å². The first-order chi connectivity index (χ1) is 9.56. The molecule has 1 aliphatic rings. The third-order valence-electron chi connectivity index (χ3n) is 3.50. The molecular weight excluding hydrogens is 270 g/mol. The van der Waals surface area contributed by atoms with Crippen molar-refractivity contribution in [3.63, 3.8) is 0 Å². The van der Waals surface area contributed by atoms with E-state index in [4.69, 9.17) is 11.6 Å². The zero-order valence-electron chi connectivity index (χ0n) is 12.6. The molecule has 1 aliphatic heterocycles. The van der Waals surface area contributed by atoms with E-state index >= 15 is 0 Å². The quantitative estimate of drug-likeness (QED) is 0.840. The first-order valence-electron chi connectivity index (χ1n) is 7.32. The van der Waals surface area contributed by atoms with Gasteiger partial charge in [0.1, 0.15) is 5.82 Å². The lowest BCUT2D eigenvalue weighted by atomic mass is 10.1. The topological polar surface area (TPSA) is 28.2 Å². The highest BCUT2D eigenvalue weighted by molar-refractivity contribution is 6.33. The zero-order chi connectivity index (χ0) is 14.5. The van der Waals surface area contributed by atoms with Crippen molar-refractivity contribution in [3.8, 4) is 0 Å². The first kappa shape index (κ1) is 15.3. The van der Waals surface area contributed by atoms with Crippen LogP contribution in [0.4, 0.5) is 5.82 Å². The van der Waals surface area contributed by atoms with E-state index < -0.39 is 0 Å². The molecular formula is C16H24ClN3. The second kappa shape index (κ2) is 7.09. The Morgan fingerprint density at radius 2 is 2.25 bits per heavy atom. The van der Waals surface area contributed by atoms with Gasteiger partial charge in [0.05, 0.1) is 5.02 Å². The summed E-state index contributed by atoms with van der Waals surface area (Å²) in [7, 11) is 0. The van der Waals surface area contributed by atoms with Crippen LogP contribution in [0.2, 0.25) is 5.02 Å². The van der Waals surface area contributed by atoms with Crippen LogP contribution in [0.25, 0.3) is 0 Å². The highest BCUT2D eigenvalue weighted by atomic mass is 35.5. The lowest BCUT2D eigenvalue weighted by molar-refractivity contribution is 0.552. The summed E-state index contributed by atoms with van der Waals surface area (Å²) in [6.07, 6.45) is 5.27. The van der Waals surface area contributed by atoms with Gasteiger partial charge in [0, 0.05) is 25.8 Å². The van der Waals surface area contributed by atoms with E-state index in [-0.39, 0.29) is 0 Å². The van der Waals surface area contributed by atoms with Crippen molar-refractivity contribution in [2.75, 3.05) is 24.5 Å². The van der Waals surface area contributed by atoms with Crippen LogP contribution in [0.15, 0.2) is 23.9 Å². The molecule has 20 heavy (non-hydrogen) atoms. The number of nitrogens with one attached hydrogen (secondary N) is 1. The van der Waals surface area contributed by atoms with E-state index in [1.165, 1.54) is 5.57 Å². The molecule has 110 valence electrons. The number of rotatable bonds is 5. The van der Waals surface area contributed by atoms with E-state index in [0.717, 1.165) is 49.0 Å². The standard InChI is InChI=1S/C16H24ClN3/c1-12(2)9-18-10-14-8-15(17)16(19-11-14)20-6-4-13(3)5-7-20/h4,8,11-12,18H,5-7,9-10H2,1-3H3. The number of hydrogen-bond donors (Lipinski definition) is 1. The van der Waals surface area contributed by atoms with Crippen LogP contribution >= 0.6 is 11.6 Å². The minimum Gasteiger partial charge on any atom is -0.351 e. The fourth-order valence-electron chi connectivity index (χ4n) is 2.27. The molecule has 0 bridgehead atoms. The Morgan fingerprint density at radius 3 is 2.85 bits per heavy atom. The van der Waals surface area contributed by atoms with Crippen molar-refractivity contribution < 1.29 is 0 Å². The summed E-state index contributed by atoms with van der Waals surface area (Å²) in [5, 5.41) is 4.16. The molecule has 0 fully saturated rings. The van der Waals surface area contributed by atoms with Crippen molar-refractivity contribution in [1.29, 1.82) is 0 Å². The Morgan fingerprint density at radius 1 is 1.45 bits per heavy atom. The molecule has 0 amide bonds. The molecule has 1 aromatic rings. The van der Waals surface area contributed by atoms with Crippen LogP contribution in [-0.4, -0.2) is 24.6 Å². The fraction of sp³-hybridized carbons (Fsp3) is 0.562. The maximum absolute atomic E-state index is 6.39. The minimum atomic E-state index is 0.654. The number of halogens is 1. The first-order valence-corrected chi connectivity index (χ1v) is 7.69. The van der Waals surface area contributed by atoms with Crippen molar-refractivity contribution in [2.24, 2.45) is 5.92 Å². The van der Waals surface area contributed by atoms with E-state index in [1.54, 1.807) is 0 Å². The molecule has 4 heteroatoms. The minimum absolute atomic E-state index is 0.654. The fourth-order valence-corrected chi connectivity index (χ4v) is 2.58. The molecule has 0 unspecified atom stereocenters. The molecule has 2 rings (SSSR count). The van der Waals surface area contributed by atoms with Crippen LogP contribution in [0.5, 0.6) is 0 Å². The summed E-state index contributed by atoms with van der Waals surface area (Å²) in [5.41, 5.74) is 2.59. The predicted molar refractivity (Wildman–Crippen MR) is 86.4 cm³/mol. The molecule has 0 spiro atoms. The van der Waals surface area contributed by atoms with Crippen LogP contribution < -0.4 is 10.2 Å². The lowest BCUT2D eigenvalue weighted by Crippen LogP contribution is -2.29. The maximum atomic E-state index is 6.39. The third-order valence-corrected chi connectivity index (χ3v) is 3.77. The van der Waals surface area contributed by atoms with Gasteiger partial charge in [0.25, 0.3) is 0 Å². The molecule has 1 aromatic heterocycles. The third kappa shape index (κ3) is 4.22. The van der Waals surface area contributed by atoms with E-state index in [9.17, 15) is 0 Å². The molecule has 3 nitrogen and oxygen atoms in total. The number of pyridine rings is 1. The van der Waals surface area contributed by atoms with Crippen LogP contribution in [-0.2, 0) is 6.54 Å². The summed E-state index contributed by atoms with van der Waals surface area (Å²) >= 11 is 6.39. The lowest BCUT2D eigenvalue weighted by Gasteiger charge is -2.27. The molecule has 0 radical (unpaired) electrons. The normalized spacial score (nSPS) is 15.7. The molecule has 0 atom stereocenters. The predicted octanol–water partition coefficient (Wildman–Crippen LogP) is 3.64. The van der Waals surface area contributed by atoms with Crippen LogP contribution in [0, 0.1) is 5.92 Å². The number of aromatic nitrogens is 1. The Hall–Kier alpha value is -1.06. The van der Waals surface area contributed by atoms with Crippen LogP contribution in [0.3, 0.4) is 0 Å². The Kier molecular flexibility index (Phi) is 5.44. The van der Waals surface area contributed by atoms with Crippen molar-refractivity contribution in [2.45, 2.75) is 33.7 Å². The van der Waals surface area contributed by atoms with Gasteiger partial charge in [0.2, 0.25) is 0 Å². The van der Waals surface area contributed by atoms with Gasteiger partial charge < -0.3 is 10.2 Å². The average Bonchev–Trinajstić information content (AvgIpc) is 2.40. The summed E-state index contributed by atoms with van der Waals surface area (Å²) in [5.74, 6) is 1.56. The van der Waals surface area contributed by atoms with Crippen molar-refractivity contribution >= 4 is 17.4 Å². The Bertz CT molecular complexity index is 483. The average molecular weight is 294 g/mol.